The Morgan fingerprint density at radius 3 is 2.50 bits per heavy atom. The van der Waals surface area contributed by atoms with Crippen LogP contribution in [0.1, 0.15) is 19.8 Å². The molecule has 3 nitrogen and oxygen atoms in total. The van der Waals surface area contributed by atoms with Crippen LogP contribution in [0.15, 0.2) is 10.7 Å². The highest BCUT2D eigenvalue weighted by molar-refractivity contribution is 6.43. The average molecular weight is 258 g/mol. The number of rotatable bonds is 1. The Kier molecular flexibility index (Phi) is 3.27. The van der Waals surface area contributed by atoms with Gasteiger partial charge in [-0.25, -0.2) is 0 Å². The second-order valence-corrected chi connectivity index (χ2v) is 4.21. The van der Waals surface area contributed by atoms with Crippen molar-refractivity contribution in [2.45, 2.75) is 31.7 Å². The maximum absolute atomic E-state index is 12.3. The molecule has 16 heavy (non-hydrogen) atoms. The van der Waals surface area contributed by atoms with Gasteiger partial charge in [0.1, 0.15) is 5.03 Å². The fourth-order valence-corrected chi connectivity index (χ4v) is 1.81. The van der Waals surface area contributed by atoms with Crippen molar-refractivity contribution < 1.29 is 23.1 Å². The molecular formula is C9H11ClF3NO2. The number of ketones is 1. The van der Waals surface area contributed by atoms with Gasteiger partial charge in [-0.3, -0.25) is 4.79 Å². The molecule has 0 amide bonds. The molecule has 0 bridgehead atoms. The maximum Gasteiger partial charge on any atom is 0.393 e. The first-order valence-corrected chi connectivity index (χ1v) is 4.87. The number of hydrogen-bond acceptors (Lipinski definition) is 3. The molecule has 0 saturated heterocycles. The predicted molar refractivity (Wildman–Crippen MR) is 51.6 cm³/mol. The van der Waals surface area contributed by atoms with Crippen LogP contribution in [-0.2, 0) is 4.79 Å². The van der Waals surface area contributed by atoms with Crippen LogP contribution < -0.4 is 0 Å². The third kappa shape index (κ3) is 2.49. The zero-order valence-corrected chi connectivity index (χ0v) is 9.48. The summed E-state index contributed by atoms with van der Waals surface area (Å²) in [5, 5.41) is 9.70. The molecule has 92 valence electrons. The second-order valence-electron chi connectivity index (χ2n) is 3.83. The quantitative estimate of drug-likeness (QED) is 0.781. The Bertz CT molecular complexity index is 353. The molecule has 1 heterocycles. The summed E-state index contributed by atoms with van der Waals surface area (Å²) in [5.74, 6) is -0.677. The molecule has 0 spiro atoms. The summed E-state index contributed by atoms with van der Waals surface area (Å²) >= 11 is 5.61. The van der Waals surface area contributed by atoms with Gasteiger partial charge >= 0.3 is 6.18 Å². The first-order valence-electron chi connectivity index (χ1n) is 4.49. The highest BCUT2D eigenvalue weighted by Crippen LogP contribution is 2.38. The summed E-state index contributed by atoms with van der Waals surface area (Å²) in [6, 6.07) is 0. The van der Waals surface area contributed by atoms with Crippen molar-refractivity contribution in [1.82, 2.24) is 4.90 Å². The molecule has 0 aliphatic carbocycles. The average Bonchev–Trinajstić information content (AvgIpc) is 2.09. The zero-order valence-electron chi connectivity index (χ0n) is 8.73. The third-order valence-electron chi connectivity index (χ3n) is 2.62. The van der Waals surface area contributed by atoms with Gasteiger partial charge in [-0.2, -0.15) is 13.2 Å². The lowest BCUT2D eigenvalue weighted by atomic mass is 9.95. The van der Waals surface area contributed by atoms with E-state index in [0.29, 0.717) is 0 Å². The van der Waals surface area contributed by atoms with E-state index < -0.39 is 30.5 Å². The molecule has 1 aliphatic rings. The Balaban J connectivity index is 3.05. The summed E-state index contributed by atoms with van der Waals surface area (Å²) in [5.41, 5.74) is -2.10. The van der Waals surface area contributed by atoms with Gasteiger partial charge in [0, 0.05) is 12.7 Å². The molecule has 1 unspecified atom stereocenters. The summed E-state index contributed by atoms with van der Waals surface area (Å²) in [6.45, 7) is 1.39. The third-order valence-corrected chi connectivity index (χ3v) is 3.10. The molecule has 1 aliphatic heterocycles. The lowest BCUT2D eigenvalue weighted by Crippen LogP contribution is -2.52. The van der Waals surface area contributed by atoms with Gasteiger partial charge in [0.15, 0.2) is 11.5 Å². The van der Waals surface area contributed by atoms with E-state index in [1.54, 1.807) is 0 Å². The minimum absolute atomic E-state index is 0.130. The van der Waals surface area contributed by atoms with Gasteiger partial charge in [0.25, 0.3) is 0 Å². The number of carbonyl (C=O) groups is 1. The molecule has 7 heteroatoms. The molecule has 0 aromatic rings. The number of hydrogen-bond donors (Lipinski definition) is 1. The minimum Gasteiger partial charge on any atom is -0.370 e. The van der Waals surface area contributed by atoms with Crippen molar-refractivity contribution in [3.63, 3.8) is 0 Å². The van der Waals surface area contributed by atoms with Crippen LogP contribution in [0.25, 0.3) is 0 Å². The van der Waals surface area contributed by atoms with Crippen molar-refractivity contribution in [3.8, 4) is 0 Å². The van der Waals surface area contributed by atoms with Crippen LogP contribution >= 0.6 is 11.6 Å². The SMILES string of the molecule is CC1=C(Cl)C(=O)CC(O)(CC(F)(F)F)N1C. The molecule has 1 N–H and O–H groups in total. The maximum atomic E-state index is 12.3. The van der Waals surface area contributed by atoms with Gasteiger partial charge in [-0.05, 0) is 6.92 Å². The molecule has 0 aromatic carbocycles. The van der Waals surface area contributed by atoms with E-state index in [-0.39, 0.29) is 10.7 Å². The number of halogens is 4. The van der Waals surface area contributed by atoms with Gasteiger partial charge in [-0.15, -0.1) is 0 Å². The lowest BCUT2D eigenvalue weighted by molar-refractivity contribution is -0.209. The van der Waals surface area contributed by atoms with Crippen LogP contribution in [0.4, 0.5) is 13.2 Å². The fraction of sp³-hybridized carbons (Fsp3) is 0.667. The topological polar surface area (TPSA) is 40.5 Å². The second kappa shape index (κ2) is 3.92. The molecule has 0 radical (unpaired) electrons. The number of alkyl halides is 3. The smallest absolute Gasteiger partial charge is 0.370 e. The fourth-order valence-electron chi connectivity index (χ4n) is 1.62. The Hall–Kier alpha value is -0.750. The number of nitrogens with zero attached hydrogens (tertiary/aromatic N) is 1. The van der Waals surface area contributed by atoms with E-state index in [1.807, 2.05) is 0 Å². The van der Waals surface area contributed by atoms with Crippen molar-refractivity contribution in [3.05, 3.63) is 10.7 Å². The number of carbonyl (C=O) groups excluding carboxylic acids is 1. The van der Waals surface area contributed by atoms with E-state index in [4.69, 9.17) is 11.6 Å². The summed E-state index contributed by atoms with van der Waals surface area (Å²) < 4.78 is 36.8. The molecule has 1 atom stereocenters. The molecule has 1 rings (SSSR count). The van der Waals surface area contributed by atoms with Crippen molar-refractivity contribution in [1.29, 1.82) is 0 Å². The van der Waals surface area contributed by atoms with Gasteiger partial charge in [-0.1, -0.05) is 11.6 Å². The van der Waals surface area contributed by atoms with E-state index in [1.165, 1.54) is 14.0 Å². The highest BCUT2D eigenvalue weighted by atomic mass is 35.5. The molecule has 0 saturated carbocycles. The predicted octanol–water partition coefficient (Wildman–Crippen LogP) is 2.00. The largest absolute Gasteiger partial charge is 0.393 e. The van der Waals surface area contributed by atoms with E-state index in [0.717, 1.165) is 4.90 Å². The van der Waals surface area contributed by atoms with Crippen LogP contribution in [0.5, 0.6) is 0 Å². The van der Waals surface area contributed by atoms with Crippen molar-refractivity contribution in [2.75, 3.05) is 7.05 Å². The standard InChI is InChI=1S/C9H11ClF3NO2/c1-5-7(10)6(15)3-8(16,14(5)2)4-9(11,12)13/h16H,3-4H2,1-2H3. The van der Waals surface area contributed by atoms with Crippen LogP contribution in [0.3, 0.4) is 0 Å². The summed E-state index contributed by atoms with van der Waals surface area (Å²) in [7, 11) is 1.27. The van der Waals surface area contributed by atoms with Gasteiger partial charge in [0.05, 0.1) is 12.8 Å². The van der Waals surface area contributed by atoms with E-state index in [2.05, 4.69) is 0 Å². The van der Waals surface area contributed by atoms with E-state index in [9.17, 15) is 23.1 Å². The Labute approximate surface area is 95.5 Å². The minimum atomic E-state index is -4.55. The number of aliphatic hydroxyl groups is 1. The molecule has 0 aromatic heterocycles. The Morgan fingerprint density at radius 1 is 1.56 bits per heavy atom. The van der Waals surface area contributed by atoms with Gasteiger partial charge in [0.2, 0.25) is 0 Å². The Morgan fingerprint density at radius 2 is 2.06 bits per heavy atom. The van der Waals surface area contributed by atoms with Crippen LogP contribution in [-0.4, -0.2) is 34.7 Å². The normalized spacial score (nSPS) is 27.7. The van der Waals surface area contributed by atoms with Crippen molar-refractivity contribution in [2.24, 2.45) is 0 Å². The molecule has 0 fully saturated rings. The number of Topliss-reactive ketones (excluding diaryl/α,β-unsaturated/α-hetero) is 1. The highest BCUT2D eigenvalue weighted by Gasteiger charge is 2.48. The lowest BCUT2D eigenvalue weighted by Gasteiger charge is -2.42. The first kappa shape index (κ1) is 13.3. The number of allylic oxidation sites excluding steroid dienone is 2. The molecular weight excluding hydrogens is 247 g/mol. The zero-order chi connectivity index (χ0) is 12.7. The van der Waals surface area contributed by atoms with Gasteiger partial charge < -0.3 is 10.0 Å². The summed E-state index contributed by atoms with van der Waals surface area (Å²) in [6.07, 6.45) is -6.67. The first-order chi connectivity index (χ1) is 7.07. The van der Waals surface area contributed by atoms with Crippen LogP contribution in [0, 0.1) is 0 Å². The van der Waals surface area contributed by atoms with E-state index >= 15 is 0 Å². The summed E-state index contributed by atoms with van der Waals surface area (Å²) in [4.78, 5) is 12.3. The monoisotopic (exact) mass is 257 g/mol. The van der Waals surface area contributed by atoms with Crippen LogP contribution in [0.2, 0.25) is 0 Å². The van der Waals surface area contributed by atoms with Crippen molar-refractivity contribution >= 4 is 17.4 Å².